The number of nitrogens with zero attached hydrogens (tertiary/aromatic N) is 5. The summed E-state index contributed by atoms with van der Waals surface area (Å²) in [7, 11) is -3.54. The molecule has 170 valence electrons. The summed E-state index contributed by atoms with van der Waals surface area (Å²) in [4.78, 5) is 2.40. The Bertz CT molecular complexity index is 1150. The Morgan fingerprint density at radius 3 is 2.38 bits per heavy atom. The Hall–Kier alpha value is -2.14. The van der Waals surface area contributed by atoms with Crippen molar-refractivity contribution < 1.29 is 12.8 Å². The van der Waals surface area contributed by atoms with E-state index in [9.17, 15) is 8.42 Å². The molecule has 0 aliphatic carbocycles. The fraction of sp³-hybridized carbons (Fsp3) is 0.455. The Balaban J connectivity index is 1.34. The van der Waals surface area contributed by atoms with Gasteiger partial charge in [0.1, 0.15) is 5.76 Å². The van der Waals surface area contributed by atoms with Gasteiger partial charge in [-0.15, -0.1) is 10.2 Å². The van der Waals surface area contributed by atoms with Gasteiger partial charge in [0.15, 0.2) is 11.0 Å². The second kappa shape index (κ2) is 9.38. The van der Waals surface area contributed by atoms with Crippen molar-refractivity contribution in [3.8, 4) is 5.69 Å². The lowest BCUT2D eigenvalue weighted by Gasteiger charge is -2.15. The topological polar surface area (TPSA) is 84.5 Å². The highest BCUT2D eigenvalue weighted by Gasteiger charge is 2.30. The minimum atomic E-state index is -3.54. The normalized spacial score (nSPS) is 18.0. The van der Waals surface area contributed by atoms with Gasteiger partial charge in [0, 0.05) is 18.8 Å². The quantitative estimate of drug-likeness (QED) is 0.463. The third kappa shape index (κ3) is 4.50. The summed E-state index contributed by atoms with van der Waals surface area (Å²) in [6.45, 7) is 4.07. The number of likely N-dealkylation sites (tertiary alicyclic amines) is 1. The van der Waals surface area contributed by atoms with Crippen LogP contribution in [0.4, 0.5) is 0 Å². The van der Waals surface area contributed by atoms with Crippen LogP contribution in [-0.2, 0) is 22.3 Å². The van der Waals surface area contributed by atoms with Crippen LogP contribution in [0.2, 0.25) is 0 Å². The van der Waals surface area contributed by atoms with Crippen LogP contribution in [0.15, 0.2) is 57.1 Å². The monoisotopic (exact) mass is 473 g/mol. The van der Waals surface area contributed by atoms with Crippen molar-refractivity contribution in [2.24, 2.45) is 0 Å². The predicted octanol–water partition coefficient (Wildman–Crippen LogP) is 3.53. The van der Waals surface area contributed by atoms with Gasteiger partial charge in [-0.2, -0.15) is 4.31 Å². The number of sulfonamides is 1. The summed E-state index contributed by atoms with van der Waals surface area (Å²) in [6.07, 6.45) is 4.25. The standard InChI is InChI=1S/C22H27N5O3S2/c28-32(29,26-14-6-7-15-26)21-11-10-19(30-21)17-31-22-24-23-20(16-25-12-4-5-13-25)27(22)18-8-2-1-3-9-18/h1-3,8-11H,4-7,12-17H2. The number of para-hydroxylation sites is 1. The zero-order valence-electron chi connectivity index (χ0n) is 17.9. The fourth-order valence-electron chi connectivity index (χ4n) is 4.24. The Morgan fingerprint density at radius 1 is 0.906 bits per heavy atom. The molecule has 1 aromatic carbocycles. The Kier molecular flexibility index (Phi) is 6.36. The molecule has 3 aromatic rings. The molecule has 2 aliphatic heterocycles. The van der Waals surface area contributed by atoms with E-state index in [4.69, 9.17) is 4.42 Å². The highest BCUT2D eigenvalue weighted by Crippen LogP contribution is 2.29. The number of rotatable bonds is 8. The zero-order valence-corrected chi connectivity index (χ0v) is 19.5. The Morgan fingerprint density at radius 2 is 1.62 bits per heavy atom. The lowest BCUT2D eigenvalue weighted by atomic mass is 10.3. The molecule has 0 spiro atoms. The molecule has 32 heavy (non-hydrogen) atoms. The second-order valence-electron chi connectivity index (χ2n) is 8.17. The highest BCUT2D eigenvalue weighted by molar-refractivity contribution is 7.98. The van der Waals surface area contributed by atoms with Crippen LogP contribution in [0.5, 0.6) is 0 Å². The van der Waals surface area contributed by atoms with Crippen molar-refractivity contribution in [1.82, 2.24) is 24.0 Å². The molecule has 0 amide bonds. The van der Waals surface area contributed by atoms with Gasteiger partial charge in [-0.05, 0) is 63.0 Å². The average molecular weight is 474 g/mol. The lowest BCUT2D eigenvalue weighted by Crippen LogP contribution is -2.27. The van der Waals surface area contributed by atoms with Gasteiger partial charge in [-0.1, -0.05) is 30.0 Å². The van der Waals surface area contributed by atoms with Gasteiger partial charge in [0.05, 0.1) is 12.3 Å². The first-order chi connectivity index (χ1) is 15.6. The molecule has 4 heterocycles. The molecule has 2 saturated heterocycles. The van der Waals surface area contributed by atoms with Crippen LogP contribution in [0.1, 0.15) is 37.3 Å². The highest BCUT2D eigenvalue weighted by atomic mass is 32.2. The smallest absolute Gasteiger partial charge is 0.276 e. The molecule has 0 radical (unpaired) electrons. The number of benzene rings is 1. The van der Waals surface area contributed by atoms with Gasteiger partial charge >= 0.3 is 0 Å². The van der Waals surface area contributed by atoms with Crippen LogP contribution in [-0.4, -0.2) is 58.6 Å². The summed E-state index contributed by atoms with van der Waals surface area (Å²) in [6, 6.07) is 13.4. The molecule has 2 aliphatic rings. The Labute approximate surface area is 192 Å². The van der Waals surface area contributed by atoms with E-state index in [1.165, 1.54) is 28.9 Å². The fourth-order valence-corrected chi connectivity index (χ4v) is 6.55. The minimum Gasteiger partial charge on any atom is -0.447 e. The molecular formula is C22H27N5O3S2. The number of aromatic nitrogens is 3. The van der Waals surface area contributed by atoms with E-state index >= 15 is 0 Å². The van der Waals surface area contributed by atoms with E-state index < -0.39 is 10.0 Å². The molecule has 8 nitrogen and oxygen atoms in total. The van der Waals surface area contributed by atoms with E-state index in [2.05, 4.69) is 31.8 Å². The largest absolute Gasteiger partial charge is 0.447 e. The van der Waals surface area contributed by atoms with Crippen LogP contribution < -0.4 is 0 Å². The van der Waals surface area contributed by atoms with Crippen molar-refractivity contribution in [1.29, 1.82) is 0 Å². The summed E-state index contributed by atoms with van der Waals surface area (Å²) in [5.74, 6) is 2.00. The molecule has 0 unspecified atom stereocenters. The maximum absolute atomic E-state index is 12.7. The van der Waals surface area contributed by atoms with E-state index in [-0.39, 0.29) is 5.09 Å². The van der Waals surface area contributed by atoms with Gasteiger partial charge in [0.25, 0.3) is 10.0 Å². The van der Waals surface area contributed by atoms with Gasteiger partial charge < -0.3 is 4.42 Å². The molecule has 2 aromatic heterocycles. The molecule has 0 atom stereocenters. The van der Waals surface area contributed by atoms with E-state index in [1.54, 1.807) is 12.1 Å². The molecule has 10 heteroatoms. The van der Waals surface area contributed by atoms with Crippen molar-refractivity contribution in [2.45, 2.75) is 48.2 Å². The lowest BCUT2D eigenvalue weighted by molar-refractivity contribution is 0.319. The van der Waals surface area contributed by atoms with Crippen molar-refractivity contribution in [3.05, 3.63) is 54.0 Å². The first-order valence-electron chi connectivity index (χ1n) is 11.0. The maximum Gasteiger partial charge on any atom is 0.276 e. The number of hydrogen-bond acceptors (Lipinski definition) is 7. The molecule has 0 bridgehead atoms. The predicted molar refractivity (Wildman–Crippen MR) is 122 cm³/mol. The third-order valence-electron chi connectivity index (χ3n) is 5.92. The van der Waals surface area contributed by atoms with E-state index in [1.807, 2.05) is 18.2 Å². The summed E-state index contributed by atoms with van der Waals surface area (Å²) < 4.78 is 34.8. The summed E-state index contributed by atoms with van der Waals surface area (Å²) in [5, 5.41) is 9.72. The number of furan rings is 1. The number of thioether (sulfide) groups is 1. The first kappa shape index (κ1) is 21.7. The third-order valence-corrected chi connectivity index (χ3v) is 8.64. The summed E-state index contributed by atoms with van der Waals surface area (Å²) in [5.41, 5.74) is 1.02. The maximum atomic E-state index is 12.7. The van der Waals surface area contributed by atoms with Crippen molar-refractivity contribution in [3.63, 3.8) is 0 Å². The second-order valence-corrected chi connectivity index (χ2v) is 11.0. The van der Waals surface area contributed by atoms with E-state index in [0.717, 1.165) is 49.1 Å². The number of hydrogen-bond donors (Lipinski definition) is 0. The van der Waals surface area contributed by atoms with Crippen LogP contribution in [0, 0.1) is 0 Å². The zero-order chi connectivity index (χ0) is 22.0. The van der Waals surface area contributed by atoms with Crippen molar-refractivity contribution >= 4 is 21.8 Å². The van der Waals surface area contributed by atoms with Crippen LogP contribution in [0.3, 0.4) is 0 Å². The molecule has 0 N–H and O–H groups in total. The minimum absolute atomic E-state index is 0.0225. The van der Waals surface area contributed by atoms with Gasteiger partial charge in [-0.3, -0.25) is 9.47 Å². The first-order valence-corrected chi connectivity index (χ1v) is 13.5. The van der Waals surface area contributed by atoms with E-state index in [0.29, 0.717) is 24.6 Å². The molecular weight excluding hydrogens is 446 g/mol. The molecule has 2 fully saturated rings. The molecule has 5 rings (SSSR count). The molecule has 0 saturated carbocycles. The van der Waals surface area contributed by atoms with Crippen LogP contribution >= 0.6 is 11.8 Å². The summed E-state index contributed by atoms with van der Waals surface area (Å²) >= 11 is 1.50. The van der Waals surface area contributed by atoms with Crippen molar-refractivity contribution in [2.75, 3.05) is 26.2 Å². The SMILES string of the molecule is O=S(=O)(c1ccc(CSc2nnc(CN3CCCC3)n2-c2ccccc2)o1)N1CCCC1. The van der Waals surface area contributed by atoms with Gasteiger partial charge in [-0.25, -0.2) is 8.42 Å². The average Bonchev–Trinajstić information content (AvgIpc) is 3.61. The van der Waals surface area contributed by atoms with Crippen LogP contribution in [0.25, 0.3) is 5.69 Å². The van der Waals surface area contributed by atoms with Gasteiger partial charge in [0.2, 0.25) is 5.09 Å².